The van der Waals surface area contributed by atoms with E-state index in [1.54, 1.807) is 34.9 Å². The van der Waals surface area contributed by atoms with E-state index in [-0.39, 0.29) is 11.8 Å². The third kappa shape index (κ3) is 3.90. The van der Waals surface area contributed by atoms with E-state index < -0.39 is 13.2 Å². The average Bonchev–Trinajstić information content (AvgIpc) is 3.40. The standard InChI is InChI=1S/C27H27ClN5O3P/c1-31-21-13-18(37(2,3)36)12-20-23(21)17(14-29-20)11-22(26(31)34)32-10-9-19-24(27(32)35)30-33(25(19)28)15-16-7-5-4-6-8-16/h4-8,12-14,22,29H,9-11,15H2,1-3H3/t22-/m0/s1. The van der Waals surface area contributed by atoms with Gasteiger partial charge in [-0.25, -0.2) is 4.68 Å². The van der Waals surface area contributed by atoms with Gasteiger partial charge in [0.2, 0.25) is 5.91 Å². The number of amides is 2. The Labute approximate surface area is 219 Å². The maximum Gasteiger partial charge on any atom is 0.275 e. The smallest absolute Gasteiger partial charge is 0.275 e. The van der Waals surface area contributed by atoms with Crippen LogP contribution in [0, 0.1) is 0 Å². The molecule has 1 atom stereocenters. The summed E-state index contributed by atoms with van der Waals surface area (Å²) in [5.41, 5.74) is 4.57. The van der Waals surface area contributed by atoms with Crippen LogP contribution >= 0.6 is 18.7 Å². The van der Waals surface area contributed by atoms with Crippen LogP contribution in [-0.4, -0.2) is 64.4 Å². The first-order valence-electron chi connectivity index (χ1n) is 12.2. The number of aromatic nitrogens is 3. The number of nitrogens with one attached hydrogen (secondary N) is 1. The van der Waals surface area contributed by atoms with Gasteiger partial charge in [-0.05, 0) is 43.0 Å². The number of hydrogen-bond donors (Lipinski definition) is 1. The third-order valence-corrected chi connectivity index (χ3v) is 9.36. The molecule has 6 rings (SSSR count). The van der Waals surface area contributed by atoms with Crippen LogP contribution in [0.5, 0.6) is 0 Å². The van der Waals surface area contributed by atoms with Gasteiger partial charge < -0.3 is 19.3 Å². The number of rotatable bonds is 4. The first-order chi connectivity index (χ1) is 17.6. The van der Waals surface area contributed by atoms with Crippen LogP contribution in [0.2, 0.25) is 5.15 Å². The van der Waals surface area contributed by atoms with Crippen LogP contribution in [-0.2, 0) is 28.7 Å². The van der Waals surface area contributed by atoms with E-state index in [0.29, 0.717) is 47.8 Å². The normalized spacial score (nSPS) is 17.9. The van der Waals surface area contributed by atoms with Gasteiger partial charge in [0.15, 0.2) is 5.69 Å². The zero-order valence-electron chi connectivity index (χ0n) is 20.9. The highest BCUT2D eigenvalue weighted by Gasteiger charge is 2.41. The molecule has 0 aliphatic carbocycles. The van der Waals surface area contributed by atoms with Crippen molar-refractivity contribution in [1.29, 1.82) is 0 Å². The molecule has 4 heterocycles. The highest BCUT2D eigenvalue weighted by atomic mass is 35.5. The van der Waals surface area contributed by atoms with E-state index in [0.717, 1.165) is 27.6 Å². The van der Waals surface area contributed by atoms with E-state index >= 15 is 0 Å². The number of halogens is 1. The molecule has 1 N–H and O–H groups in total. The summed E-state index contributed by atoms with van der Waals surface area (Å²) in [4.78, 5) is 34.0. The van der Waals surface area contributed by atoms with E-state index in [1.807, 2.05) is 48.7 Å². The molecule has 190 valence electrons. The Morgan fingerprint density at radius 1 is 1.16 bits per heavy atom. The van der Waals surface area contributed by atoms with E-state index in [2.05, 4.69) is 10.1 Å². The molecule has 0 radical (unpaired) electrons. The molecule has 4 aromatic rings. The molecular formula is C27H27ClN5O3P. The lowest BCUT2D eigenvalue weighted by molar-refractivity contribution is -0.122. The topological polar surface area (TPSA) is 91.3 Å². The van der Waals surface area contributed by atoms with Crippen molar-refractivity contribution in [2.24, 2.45) is 0 Å². The summed E-state index contributed by atoms with van der Waals surface area (Å²) in [7, 11) is -0.831. The molecule has 2 aromatic carbocycles. The number of hydrogen-bond acceptors (Lipinski definition) is 4. The molecule has 0 saturated carbocycles. The van der Waals surface area contributed by atoms with Crippen molar-refractivity contribution in [2.75, 3.05) is 31.8 Å². The van der Waals surface area contributed by atoms with Crippen molar-refractivity contribution in [1.82, 2.24) is 19.7 Å². The number of benzene rings is 2. The SMILES string of the molecule is CN1C(=O)[C@@H](N2CCc3c(nn(Cc4ccccc4)c3Cl)C2=O)Cc2c[nH]c3cc(P(C)(C)=O)cc1c23. The molecule has 0 fully saturated rings. The molecule has 8 nitrogen and oxygen atoms in total. The number of likely N-dealkylation sites (N-methyl/N-ethyl adjacent to an activating group) is 1. The van der Waals surface area contributed by atoms with Gasteiger partial charge in [0.25, 0.3) is 5.91 Å². The Hall–Kier alpha value is -3.35. The summed E-state index contributed by atoms with van der Waals surface area (Å²) in [6, 6.07) is 12.9. The van der Waals surface area contributed by atoms with Crippen LogP contribution < -0.4 is 10.2 Å². The Morgan fingerprint density at radius 2 is 1.92 bits per heavy atom. The fourth-order valence-electron chi connectivity index (χ4n) is 5.42. The number of anilines is 1. The van der Waals surface area contributed by atoms with Crippen LogP contribution in [0.25, 0.3) is 10.9 Å². The average molecular weight is 536 g/mol. The summed E-state index contributed by atoms with van der Waals surface area (Å²) in [6.45, 7) is 4.28. The van der Waals surface area contributed by atoms with Gasteiger partial charge >= 0.3 is 0 Å². The molecule has 0 unspecified atom stereocenters. The second-order valence-electron chi connectivity index (χ2n) is 10.2. The summed E-state index contributed by atoms with van der Waals surface area (Å²) in [5, 5.41) is 6.68. The van der Waals surface area contributed by atoms with Gasteiger partial charge in [-0.3, -0.25) is 9.59 Å². The Bertz CT molecular complexity index is 1620. The lowest BCUT2D eigenvalue weighted by Gasteiger charge is -2.34. The minimum absolute atomic E-state index is 0.177. The number of nitrogens with zero attached hydrogens (tertiary/aromatic N) is 4. The van der Waals surface area contributed by atoms with Crippen molar-refractivity contribution in [2.45, 2.75) is 25.4 Å². The second-order valence-corrected chi connectivity index (χ2v) is 13.8. The van der Waals surface area contributed by atoms with E-state index in [4.69, 9.17) is 11.6 Å². The highest BCUT2D eigenvalue weighted by molar-refractivity contribution is 7.70. The van der Waals surface area contributed by atoms with Gasteiger partial charge in [-0.2, -0.15) is 5.10 Å². The van der Waals surface area contributed by atoms with Gasteiger partial charge in [0.1, 0.15) is 18.3 Å². The van der Waals surface area contributed by atoms with Crippen molar-refractivity contribution >= 4 is 52.5 Å². The van der Waals surface area contributed by atoms with Crippen molar-refractivity contribution in [3.05, 3.63) is 76.2 Å². The molecule has 2 aromatic heterocycles. The molecule has 0 bridgehead atoms. The number of carbonyl (C=O) groups excluding carboxylic acids is 2. The summed E-state index contributed by atoms with van der Waals surface area (Å²) in [5.74, 6) is -0.463. The highest BCUT2D eigenvalue weighted by Crippen LogP contribution is 2.41. The van der Waals surface area contributed by atoms with Crippen molar-refractivity contribution < 1.29 is 14.2 Å². The molecule has 2 aliphatic heterocycles. The summed E-state index contributed by atoms with van der Waals surface area (Å²) in [6.07, 6.45) is 2.79. The minimum atomic E-state index is -2.55. The fourth-order valence-corrected chi connectivity index (χ4v) is 6.57. The third-order valence-electron chi connectivity index (χ3n) is 7.44. The lowest BCUT2D eigenvalue weighted by Crippen LogP contribution is -2.53. The fraction of sp³-hybridized carbons (Fsp3) is 0.296. The number of aromatic amines is 1. The molecule has 0 saturated heterocycles. The predicted molar refractivity (Wildman–Crippen MR) is 146 cm³/mol. The van der Waals surface area contributed by atoms with Crippen LogP contribution in [0.1, 0.15) is 27.2 Å². The molecular weight excluding hydrogens is 509 g/mol. The zero-order valence-corrected chi connectivity index (χ0v) is 22.5. The molecule has 2 amide bonds. The molecule has 10 heteroatoms. The molecule has 2 aliphatic rings. The molecule has 37 heavy (non-hydrogen) atoms. The Kier molecular flexibility index (Phi) is 5.58. The van der Waals surface area contributed by atoms with E-state index in [1.165, 1.54) is 0 Å². The Balaban J connectivity index is 1.35. The number of H-pyrrole nitrogens is 1. The minimum Gasteiger partial charge on any atom is -0.361 e. The quantitative estimate of drug-likeness (QED) is 0.401. The summed E-state index contributed by atoms with van der Waals surface area (Å²) < 4.78 is 14.5. The van der Waals surface area contributed by atoms with Gasteiger partial charge in [-0.15, -0.1) is 0 Å². The number of carbonyl (C=O) groups is 2. The van der Waals surface area contributed by atoms with Crippen molar-refractivity contribution in [3.63, 3.8) is 0 Å². The largest absolute Gasteiger partial charge is 0.361 e. The van der Waals surface area contributed by atoms with Crippen LogP contribution in [0.3, 0.4) is 0 Å². The number of fused-ring (bicyclic) bond motifs is 1. The Morgan fingerprint density at radius 3 is 2.65 bits per heavy atom. The summed E-state index contributed by atoms with van der Waals surface area (Å²) >= 11 is 6.65. The maximum atomic E-state index is 13.8. The van der Waals surface area contributed by atoms with Gasteiger partial charge in [0.05, 0.1) is 12.2 Å². The van der Waals surface area contributed by atoms with Crippen LogP contribution in [0.15, 0.2) is 48.7 Å². The van der Waals surface area contributed by atoms with Crippen LogP contribution in [0.4, 0.5) is 5.69 Å². The maximum absolute atomic E-state index is 13.8. The molecule has 0 spiro atoms. The predicted octanol–water partition coefficient (Wildman–Crippen LogP) is 3.90. The van der Waals surface area contributed by atoms with Gasteiger partial charge in [0, 0.05) is 48.0 Å². The monoisotopic (exact) mass is 535 g/mol. The van der Waals surface area contributed by atoms with Gasteiger partial charge in [-0.1, -0.05) is 41.9 Å². The lowest BCUT2D eigenvalue weighted by atomic mass is 10.0. The first kappa shape index (κ1) is 24.0. The first-order valence-corrected chi connectivity index (χ1v) is 15.2. The zero-order chi connectivity index (χ0) is 26.1. The van der Waals surface area contributed by atoms with E-state index in [9.17, 15) is 14.2 Å². The van der Waals surface area contributed by atoms with Crippen molar-refractivity contribution in [3.8, 4) is 0 Å². The second kappa shape index (κ2) is 8.61.